The van der Waals surface area contributed by atoms with Crippen molar-refractivity contribution in [1.29, 1.82) is 0 Å². The van der Waals surface area contributed by atoms with Crippen LogP contribution in [0.25, 0.3) is 0 Å². The maximum atomic E-state index is 4.25. The maximum absolute atomic E-state index is 4.25. The van der Waals surface area contributed by atoms with Crippen LogP contribution in [0.15, 0.2) is 6.20 Å². The molecular formula is C10H15N3. The predicted molar refractivity (Wildman–Crippen MR) is 53.2 cm³/mol. The van der Waals surface area contributed by atoms with Gasteiger partial charge in [0.25, 0.3) is 0 Å². The molecule has 0 radical (unpaired) electrons. The quantitative estimate of drug-likeness (QED) is 0.696. The highest BCUT2D eigenvalue weighted by atomic mass is 15.3. The van der Waals surface area contributed by atoms with Gasteiger partial charge in [-0.15, -0.1) is 5.92 Å². The first-order chi connectivity index (χ1) is 6.29. The van der Waals surface area contributed by atoms with E-state index >= 15 is 0 Å². The van der Waals surface area contributed by atoms with E-state index in [2.05, 4.69) is 29.2 Å². The van der Waals surface area contributed by atoms with Gasteiger partial charge in [-0.1, -0.05) is 5.92 Å². The van der Waals surface area contributed by atoms with E-state index < -0.39 is 0 Å². The highest BCUT2D eigenvalue weighted by Crippen LogP contribution is 2.05. The fraction of sp³-hybridized carbons (Fsp3) is 0.500. The van der Waals surface area contributed by atoms with E-state index in [1.807, 2.05) is 24.9 Å². The molecule has 3 heteroatoms. The van der Waals surface area contributed by atoms with Gasteiger partial charge in [-0.3, -0.25) is 4.68 Å². The molecule has 0 fully saturated rings. The maximum Gasteiger partial charge on any atom is 0.102 e. The van der Waals surface area contributed by atoms with Crippen molar-refractivity contribution < 1.29 is 0 Å². The van der Waals surface area contributed by atoms with Crippen molar-refractivity contribution in [2.45, 2.75) is 26.9 Å². The van der Waals surface area contributed by atoms with Crippen LogP contribution in [-0.2, 0) is 13.1 Å². The van der Waals surface area contributed by atoms with Crippen LogP contribution in [0.4, 0.5) is 0 Å². The van der Waals surface area contributed by atoms with Crippen LogP contribution in [0.5, 0.6) is 0 Å². The molecular weight excluding hydrogens is 162 g/mol. The van der Waals surface area contributed by atoms with Crippen LogP contribution < -0.4 is 5.32 Å². The Labute approximate surface area is 79.1 Å². The van der Waals surface area contributed by atoms with E-state index in [1.165, 1.54) is 11.3 Å². The van der Waals surface area contributed by atoms with Crippen molar-refractivity contribution in [3.05, 3.63) is 17.5 Å². The van der Waals surface area contributed by atoms with Crippen LogP contribution in [0.1, 0.15) is 18.2 Å². The summed E-state index contributed by atoms with van der Waals surface area (Å²) < 4.78 is 1.92. The van der Waals surface area contributed by atoms with E-state index in [1.54, 1.807) is 0 Å². The van der Waals surface area contributed by atoms with Crippen LogP contribution in [0.3, 0.4) is 0 Å². The Morgan fingerprint density at radius 2 is 2.38 bits per heavy atom. The van der Waals surface area contributed by atoms with Gasteiger partial charge in [-0.2, -0.15) is 5.10 Å². The topological polar surface area (TPSA) is 29.9 Å². The fourth-order valence-electron chi connectivity index (χ4n) is 1.16. The van der Waals surface area contributed by atoms with Gasteiger partial charge in [0.15, 0.2) is 0 Å². The molecule has 0 spiro atoms. The summed E-state index contributed by atoms with van der Waals surface area (Å²) in [6, 6.07) is 0. The molecule has 3 nitrogen and oxygen atoms in total. The molecule has 0 aliphatic rings. The van der Waals surface area contributed by atoms with Crippen LogP contribution in [0, 0.1) is 18.8 Å². The molecule has 1 aromatic rings. The standard InChI is InChI=1S/C10H15N3/c1-4-5-6-13-9(2)10(7-11-3)8-12-13/h8,11H,6-7H2,1-3H3. The van der Waals surface area contributed by atoms with Gasteiger partial charge in [0.1, 0.15) is 6.54 Å². The number of nitrogens with one attached hydrogen (secondary N) is 1. The predicted octanol–water partition coefficient (Wildman–Crippen LogP) is 0.934. The third-order valence-corrected chi connectivity index (χ3v) is 1.98. The van der Waals surface area contributed by atoms with Gasteiger partial charge in [-0.05, 0) is 20.9 Å². The third-order valence-electron chi connectivity index (χ3n) is 1.98. The molecule has 70 valence electrons. The van der Waals surface area contributed by atoms with E-state index in [4.69, 9.17) is 0 Å². The van der Waals surface area contributed by atoms with E-state index in [-0.39, 0.29) is 0 Å². The fourth-order valence-corrected chi connectivity index (χ4v) is 1.16. The van der Waals surface area contributed by atoms with Crippen molar-refractivity contribution in [3.63, 3.8) is 0 Å². The summed E-state index contributed by atoms with van der Waals surface area (Å²) in [5.41, 5.74) is 2.43. The van der Waals surface area contributed by atoms with Crippen LogP contribution >= 0.6 is 0 Å². The van der Waals surface area contributed by atoms with E-state index in [0.29, 0.717) is 6.54 Å². The third kappa shape index (κ3) is 2.33. The zero-order valence-corrected chi connectivity index (χ0v) is 8.39. The molecule has 0 saturated carbocycles. The molecule has 0 aliphatic heterocycles. The van der Waals surface area contributed by atoms with Gasteiger partial charge in [0.2, 0.25) is 0 Å². The average Bonchev–Trinajstić information content (AvgIpc) is 2.46. The second kappa shape index (κ2) is 4.68. The number of aromatic nitrogens is 2. The first kappa shape index (κ1) is 9.82. The molecule has 1 heterocycles. The number of rotatable bonds is 3. The van der Waals surface area contributed by atoms with E-state index in [9.17, 15) is 0 Å². The van der Waals surface area contributed by atoms with Crippen molar-refractivity contribution in [1.82, 2.24) is 15.1 Å². The van der Waals surface area contributed by atoms with Gasteiger partial charge < -0.3 is 5.32 Å². The smallest absolute Gasteiger partial charge is 0.102 e. The SMILES string of the molecule is CC#CCn1ncc(CNC)c1C. The first-order valence-corrected chi connectivity index (χ1v) is 4.35. The highest BCUT2D eigenvalue weighted by molar-refractivity contribution is 5.16. The minimum Gasteiger partial charge on any atom is -0.316 e. The molecule has 1 rings (SSSR count). The average molecular weight is 177 g/mol. The monoisotopic (exact) mass is 177 g/mol. The molecule has 0 aromatic carbocycles. The Bertz CT molecular complexity index is 328. The van der Waals surface area contributed by atoms with Gasteiger partial charge >= 0.3 is 0 Å². The van der Waals surface area contributed by atoms with Crippen molar-refractivity contribution in [3.8, 4) is 11.8 Å². The zero-order valence-electron chi connectivity index (χ0n) is 8.39. The molecule has 13 heavy (non-hydrogen) atoms. The molecule has 1 N–H and O–H groups in total. The minimum absolute atomic E-state index is 0.687. The number of nitrogens with zero attached hydrogens (tertiary/aromatic N) is 2. The van der Waals surface area contributed by atoms with Gasteiger partial charge in [0, 0.05) is 17.8 Å². The molecule has 0 saturated heterocycles. The Hall–Kier alpha value is -1.27. The molecule has 0 amide bonds. The van der Waals surface area contributed by atoms with Crippen LogP contribution in [0.2, 0.25) is 0 Å². The second-order valence-corrected chi connectivity index (χ2v) is 2.87. The lowest BCUT2D eigenvalue weighted by atomic mass is 10.2. The Kier molecular flexibility index (Phi) is 3.53. The van der Waals surface area contributed by atoms with Crippen molar-refractivity contribution in [2.24, 2.45) is 0 Å². The summed E-state index contributed by atoms with van der Waals surface area (Å²) in [5, 5.41) is 7.35. The molecule has 0 bridgehead atoms. The summed E-state index contributed by atoms with van der Waals surface area (Å²) in [6.07, 6.45) is 1.89. The Morgan fingerprint density at radius 1 is 1.62 bits per heavy atom. The van der Waals surface area contributed by atoms with Crippen LogP contribution in [-0.4, -0.2) is 16.8 Å². The van der Waals surface area contributed by atoms with Crippen molar-refractivity contribution >= 4 is 0 Å². The van der Waals surface area contributed by atoms with E-state index in [0.717, 1.165) is 6.54 Å². The normalized spacial score (nSPS) is 9.46. The summed E-state index contributed by atoms with van der Waals surface area (Å²) in [5.74, 6) is 5.85. The Morgan fingerprint density at radius 3 is 3.00 bits per heavy atom. The van der Waals surface area contributed by atoms with Gasteiger partial charge in [0.05, 0.1) is 6.20 Å². The lowest BCUT2D eigenvalue weighted by Crippen LogP contribution is -2.07. The first-order valence-electron chi connectivity index (χ1n) is 4.35. The summed E-state index contributed by atoms with van der Waals surface area (Å²) in [7, 11) is 1.93. The largest absolute Gasteiger partial charge is 0.316 e. The lowest BCUT2D eigenvalue weighted by molar-refractivity contribution is 0.687. The molecule has 1 aromatic heterocycles. The second-order valence-electron chi connectivity index (χ2n) is 2.87. The van der Waals surface area contributed by atoms with Crippen molar-refractivity contribution in [2.75, 3.05) is 7.05 Å². The summed E-state index contributed by atoms with van der Waals surface area (Å²) >= 11 is 0. The zero-order chi connectivity index (χ0) is 9.68. The minimum atomic E-state index is 0.687. The number of hydrogen-bond donors (Lipinski definition) is 1. The Balaban J connectivity index is 2.77. The summed E-state index contributed by atoms with van der Waals surface area (Å²) in [6.45, 7) is 5.46. The molecule has 0 unspecified atom stereocenters. The lowest BCUT2D eigenvalue weighted by Gasteiger charge is -2.00. The van der Waals surface area contributed by atoms with Gasteiger partial charge in [-0.25, -0.2) is 0 Å². The highest BCUT2D eigenvalue weighted by Gasteiger charge is 2.03. The number of hydrogen-bond acceptors (Lipinski definition) is 2. The summed E-state index contributed by atoms with van der Waals surface area (Å²) in [4.78, 5) is 0. The molecule has 0 atom stereocenters. The molecule has 0 aliphatic carbocycles.